The first-order chi connectivity index (χ1) is 9.66. The van der Waals surface area contributed by atoms with Crippen LogP contribution in [-0.4, -0.2) is 6.61 Å². The summed E-state index contributed by atoms with van der Waals surface area (Å²) in [5, 5.41) is 3.25. The monoisotopic (exact) mass is 277 g/mol. The van der Waals surface area contributed by atoms with Crippen LogP contribution in [-0.2, 0) is 13.1 Å². The Kier molecular flexibility index (Phi) is 5.07. The molecule has 0 fully saturated rings. The average molecular weight is 277 g/mol. The van der Waals surface area contributed by atoms with Gasteiger partial charge in [0, 0.05) is 18.7 Å². The van der Waals surface area contributed by atoms with Crippen molar-refractivity contribution in [3.8, 4) is 5.75 Å². The molecule has 0 unspecified atom stereocenters. The van der Waals surface area contributed by atoms with E-state index >= 15 is 0 Å². The SMILES string of the molecule is Cc1ccccc1CNCc1ccccc1OC(F)F. The zero-order valence-electron chi connectivity index (χ0n) is 11.3. The minimum Gasteiger partial charge on any atom is -0.434 e. The minimum absolute atomic E-state index is 0.222. The van der Waals surface area contributed by atoms with Crippen LogP contribution in [0.2, 0.25) is 0 Å². The molecular formula is C16H17F2NO. The number of rotatable bonds is 6. The van der Waals surface area contributed by atoms with Crippen LogP contribution in [0.25, 0.3) is 0 Å². The van der Waals surface area contributed by atoms with E-state index < -0.39 is 6.61 Å². The van der Waals surface area contributed by atoms with Gasteiger partial charge in [0.05, 0.1) is 0 Å². The van der Waals surface area contributed by atoms with E-state index in [1.807, 2.05) is 37.3 Å². The zero-order valence-corrected chi connectivity index (χ0v) is 11.3. The van der Waals surface area contributed by atoms with Crippen molar-refractivity contribution in [2.24, 2.45) is 0 Å². The van der Waals surface area contributed by atoms with E-state index in [4.69, 9.17) is 0 Å². The van der Waals surface area contributed by atoms with Crippen LogP contribution in [0.1, 0.15) is 16.7 Å². The Labute approximate surface area is 117 Å². The highest BCUT2D eigenvalue weighted by atomic mass is 19.3. The molecule has 2 rings (SSSR count). The maximum Gasteiger partial charge on any atom is 0.387 e. The van der Waals surface area contributed by atoms with Gasteiger partial charge < -0.3 is 10.1 Å². The Hall–Kier alpha value is -1.94. The molecule has 0 amide bonds. The van der Waals surface area contributed by atoms with Crippen molar-refractivity contribution >= 4 is 0 Å². The molecule has 4 heteroatoms. The normalized spacial score (nSPS) is 10.8. The van der Waals surface area contributed by atoms with Crippen molar-refractivity contribution in [3.63, 3.8) is 0 Å². The number of alkyl halides is 2. The van der Waals surface area contributed by atoms with Gasteiger partial charge >= 0.3 is 6.61 Å². The third kappa shape index (κ3) is 4.03. The third-order valence-corrected chi connectivity index (χ3v) is 3.08. The summed E-state index contributed by atoms with van der Waals surface area (Å²) in [4.78, 5) is 0. The molecular weight excluding hydrogens is 260 g/mol. The first-order valence-corrected chi connectivity index (χ1v) is 6.45. The van der Waals surface area contributed by atoms with Gasteiger partial charge in [0.2, 0.25) is 0 Å². The Morgan fingerprint density at radius 2 is 1.55 bits per heavy atom. The number of hydrogen-bond donors (Lipinski definition) is 1. The number of ether oxygens (including phenoxy) is 1. The molecule has 0 bridgehead atoms. The molecule has 0 radical (unpaired) electrons. The van der Waals surface area contributed by atoms with Gasteiger partial charge in [-0.25, -0.2) is 0 Å². The van der Waals surface area contributed by atoms with Crippen molar-refractivity contribution in [2.75, 3.05) is 0 Å². The van der Waals surface area contributed by atoms with Crippen molar-refractivity contribution in [2.45, 2.75) is 26.6 Å². The smallest absolute Gasteiger partial charge is 0.387 e. The van der Waals surface area contributed by atoms with Gasteiger partial charge in [-0.05, 0) is 24.1 Å². The third-order valence-electron chi connectivity index (χ3n) is 3.08. The van der Waals surface area contributed by atoms with Crippen molar-refractivity contribution in [1.29, 1.82) is 0 Å². The molecule has 0 aliphatic carbocycles. The predicted molar refractivity (Wildman–Crippen MR) is 74.8 cm³/mol. The highest BCUT2D eigenvalue weighted by Gasteiger charge is 2.08. The number of aryl methyl sites for hydroxylation is 1. The molecule has 106 valence electrons. The van der Waals surface area contributed by atoms with E-state index in [0.717, 1.165) is 5.56 Å². The Morgan fingerprint density at radius 3 is 2.25 bits per heavy atom. The molecule has 2 aromatic rings. The Balaban J connectivity index is 1.96. The number of benzene rings is 2. The Bertz CT molecular complexity index is 558. The summed E-state index contributed by atoms with van der Waals surface area (Å²) in [6, 6.07) is 14.9. The second-order valence-electron chi connectivity index (χ2n) is 4.52. The number of hydrogen-bond acceptors (Lipinski definition) is 2. The molecule has 2 nitrogen and oxygen atoms in total. The molecule has 0 saturated carbocycles. The van der Waals surface area contributed by atoms with Gasteiger partial charge in [-0.15, -0.1) is 0 Å². The summed E-state index contributed by atoms with van der Waals surface area (Å²) in [6.07, 6.45) is 0. The van der Waals surface area contributed by atoms with Gasteiger partial charge in [0.15, 0.2) is 0 Å². The molecule has 2 aromatic carbocycles. The van der Waals surface area contributed by atoms with Crippen LogP contribution >= 0.6 is 0 Å². The molecule has 20 heavy (non-hydrogen) atoms. The van der Waals surface area contributed by atoms with Crippen molar-refractivity contribution in [3.05, 3.63) is 65.2 Å². The fourth-order valence-electron chi connectivity index (χ4n) is 2.00. The fraction of sp³-hybridized carbons (Fsp3) is 0.250. The summed E-state index contributed by atoms with van der Waals surface area (Å²) in [7, 11) is 0. The fourth-order valence-corrected chi connectivity index (χ4v) is 2.00. The van der Waals surface area contributed by atoms with E-state index in [9.17, 15) is 8.78 Å². The highest BCUT2D eigenvalue weighted by Crippen LogP contribution is 2.20. The molecule has 0 aromatic heterocycles. The number of nitrogens with one attached hydrogen (secondary N) is 1. The summed E-state index contributed by atoms with van der Waals surface area (Å²) >= 11 is 0. The van der Waals surface area contributed by atoms with E-state index in [1.165, 1.54) is 11.1 Å². The van der Waals surface area contributed by atoms with Gasteiger partial charge in [-0.1, -0.05) is 42.5 Å². The van der Waals surface area contributed by atoms with E-state index in [1.54, 1.807) is 18.2 Å². The lowest BCUT2D eigenvalue weighted by molar-refractivity contribution is -0.0505. The highest BCUT2D eigenvalue weighted by molar-refractivity contribution is 5.33. The van der Waals surface area contributed by atoms with Crippen LogP contribution < -0.4 is 10.1 Å². The van der Waals surface area contributed by atoms with Gasteiger partial charge in [0.25, 0.3) is 0 Å². The standard InChI is InChI=1S/C16H17F2NO/c1-12-6-2-3-7-13(12)10-19-11-14-8-4-5-9-15(14)20-16(17)18/h2-9,16,19H,10-11H2,1H3. The lowest BCUT2D eigenvalue weighted by atomic mass is 10.1. The molecule has 0 spiro atoms. The maximum atomic E-state index is 12.3. The molecule has 0 aliphatic rings. The minimum atomic E-state index is -2.80. The molecule has 0 aliphatic heterocycles. The summed E-state index contributed by atoms with van der Waals surface area (Å²) in [5.41, 5.74) is 3.12. The van der Waals surface area contributed by atoms with Crippen molar-refractivity contribution in [1.82, 2.24) is 5.32 Å². The maximum absolute atomic E-state index is 12.3. The van der Waals surface area contributed by atoms with E-state index in [2.05, 4.69) is 10.1 Å². The van der Waals surface area contributed by atoms with Gasteiger partial charge in [0.1, 0.15) is 5.75 Å². The second kappa shape index (κ2) is 7.01. The van der Waals surface area contributed by atoms with Crippen molar-refractivity contribution < 1.29 is 13.5 Å². The lowest BCUT2D eigenvalue weighted by Crippen LogP contribution is -2.15. The molecule has 0 atom stereocenters. The lowest BCUT2D eigenvalue weighted by Gasteiger charge is -2.12. The first kappa shape index (κ1) is 14.5. The van der Waals surface area contributed by atoms with Gasteiger partial charge in [-0.2, -0.15) is 8.78 Å². The first-order valence-electron chi connectivity index (χ1n) is 6.45. The summed E-state index contributed by atoms with van der Waals surface area (Å²) in [6.45, 7) is 0.421. The summed E-state index contributed by atoms with van der Waals surface area (Å²) in [5.74, 6) is 0.222. The predicted octanol–water partition coefficient (Wildman–Crippen LogP) is 3.89. The number of halogens is 2. The summed E-state index contributed by atoms with van der Waals surface area (Å²) < 4.78 is 29.1. The quantitative estimate of drug-likeness (QED) is 0.865. The van der Waals surface area contributed by atoms with Crippen LogP contribution in [0, 0.1) is 6.92 Å². The van der Waals surface area contributed by atoms with E-state index in [0.29, 0.717) is 13.1 Å². The van der Waals surface area contributed by atoms with Gasteiger partial charge in [-0.3, -0.25) is 0 Å². The zero-order chi connectivity index (χ0) is 14.4. The van der Waals surface area contributed by atoms with Crippen LogP contribution in [0.4, 0.5) is 8.78 Å². The number of para-hydroxylation sites is 1. The average Bonchev–Trinajstić information content (AvgIpc) is 2.42. The van der Waals surface area contributed by atoms with Crippen LogP contribution in [0.5, 0.6) is 5.75 Å². The topological polar surface area (TPSA) is 21.3 Å². The second-order valence-corrected chi connectivity index (χ2v) is 4.52. The molecule has 1 N–H and O–H groups in total. The van der Waals surface area contributed by atoms with Crippen LogP contribution in [0.15, 0.2) is 48.5 Å². The van der Waals surface area contributed by atoms with Crippen LogP contribution in [0.3, 0.4) is 0 Å². The Morgan fingerprint density at radius 1 is 0.950 bits per heavy atom. The van der Waals surface area contributed by atoms with E-state index in [-0.39, 0.29) is 5.75 Å². The molecule has 0 saturated heterocycles. The largest absolute Gasteiger partial charge is 0.434 e. The molecule has 0 heterocycles.